The van der Waals surface area contributed by atoms with E-state index in [2.05, 4.69) is 13.8 Å². The molecule has 0 fully saturated rings. The van der Waals surface area contributed by atoms with Gasteiger partial charge in [-0.3, -0.25) is 13.9 Å². The second-order valence-electron chi connectivity index (χ2n) is 10.0. The molecule has 0 amide bonds. The maximum absolute atomic E-state index is 12.3. The molecule has 0 aliphatic carbocycles. The molecule has 0 heterocycles. The summed E-state index contributed by atoms with van der Waals surface area (Å²) >= 11 is 0. The van der Waals surface area contributed by atoms with E-state index in [-0.39, 0.29) is 16.6 Å². The highest BCUT2D eigenvalue weighted by Gasteiger charge is 2.29. The third-order valence-electron chi connectivity index (χ3n) is 4.61. The zero-order valence-corrected chi connectivity index (χ0v) is 21.3. The molecule has 0 aliphatic heterocycles. The highest BCUT2D eigenvalue weighted by atomic mass is 31.1. The number of phenols is 1. The molecule has 0 bridgehead atoms. The predicted molar refractivity (Wildman–Crippen MR) is 127 cm³/mol. The van der Waals surface area contributed by atoms with Crippen molar-refractivity contribution in [3.63, 3.8) is 0 Å². The van der Waals surface area contributed by atoms with Crippen LogP contribution in [0.25, 0.3) is 6.08 Å². The van der Waals surface area contributed by atoms with Crippen LogP contribution >= 0.6 is 8.25 Å². The first-order valence-corrected chi connectivity index (χ1v) is 11.8. The number of hydrogen-bond acceptors (Lipinski definition) is 4. The molecule has 5 nitrogen and oxygen atoms in total. The number of unbranched alkanes of at least 4 members (excludes halogenated alkanes) is 1. The van der Waals surface area contributed by atoms with Gasteiger partial charge in [0.25, 0.3) is 0 Å². The number of carbonyl (C=O) groups is 1. The second-order valence-corrected chi connectivity index (χ2v) is 10.8. The molecule has 1 aromatic carbocycles. The van der Waals surface area contributed by atoms with Crippen molar-refractivity contribution in [2.24, 2.45) is 0 Å². The lowest BCUT2D eigenvalue weighted by atomic mass is 9.78. The minimum absolute atomic E-state index is 0.267. The van der Waals surface area contributed by atoms with Crippen molar-refractivity contribution in [3.8, 4) is 5.75 Å². The molecule has 30 heavy (non-hydrogen) atoms. The standard InChI is InChI=1S/C20H31O5P.C4H10/c1-18(2,3)14-11-13(12-15(17(14)22)19(4,5)6)9-10-16(21)20(7,8)25-26(23)24;1-3-4-2/h9-12,22,26H,1-8H3,(H,23,24);3-4H2,1-2H3/b10-9+;. The highest BCUT2D eigenvalue weighted by molar-refractivity contribution is 7.32. The van der Waals surface area contributed by atoms with Gasteiger partial charge in [0.2, 0.25) is 0 Å². The molecule has 1 atom stereocenters. The van der Waals surface area contributed by atoms with Crippen LogP contribution in [0.15, 0.2) is 18.2 Å². The van der Waals surface area contributed by atoms with E-state index in [1.165, 1.54) is 32.8 Å². The molecule has 0 radical (unpaired) electrons. The Morgan fingerprint density at radius 1 is 0.967 bits per heavy atom. The van der Waals surface area contributed by atoms with Gasteiger partial charge in [0, 0.05) is 11.1 Å². The first kappa shape index (κ1) is 28.6. The van der Waals surface area contributed by atoms with E-state index in [4.69, 9.17) is 9.42 Å². The van der Waals surface area contributed by atoms with Gasteiger partial charge in [0.15, 0.2) is 5.78 Å². The molecule has 172 valence electrons. The Labute approximate surface area is 183 Å². The molecule has 1 rings (SSSR count). The van der Waals surface area contributed by atoms with Gasteiger partial charge in [-0.25, -0.2) is 0 Å². The number of ketones is 1. The minimum atomic E-state index is -3.21. The Morgan fingerprint density at radius 3 is 1.67 bits per heavy atom. The molecule has 0 spiro atoms. The van der Waals surface area contributed by atoms with Gasteiger partial charge in [-0.2, -0.15) is 0 Å². The van der Waals surface area contributed by atoms with Gasteiger partial charge in [-0.05, 0) is 48.4 Å². The average Bonchev–Trinajstić information content (AvgIpc) is 2.57. The molecule has 1 unspecified atom stereocenters. The van der Waals surface area contributed by atoms with Crippen LogP contribution in [0.2, 0.25) is 0 Å². The van der Waals surface area contributed by atoms with Crippen LogP contribution in [0.5, 0.6) is 5.75 Å². The zero-order chi connectivity index (χ0) is 23.9. The molecule has 0 saturated carbocycles. The Morgan fingerprint density at radius 2 is 1.37 bits per heavy atom. The van der Waals surface area contributed by atoms with Crippen molar-refractivity contribution in [3.05, 3.63) is 34.9 Å². The van der Waals surface area contributed by atoms with E-state index in [0.717, 1.165) is 16.7 Å². The quantitative estimate of drug-likeness (QED) is 0.387. The summed E-state index contributed by atoms with van der Waals surface area (Å²) < 4.78 is 15.7. The summed E-state index contributed by atoms with van der Waals surface area (Å²) in [6.45, 7) is 19.4. The summed E-state index contributed by atoms with van der Waals surface area (Å²) in [6.07, 6.45) is 5.63. The Bertz CT molecular complexity index is 728. The summed E-state index contributed by atoms with van der Waals surface area (Å²) in [4.78, 5) is 21.2. The first-order chi connectivity index (χ1) is 13.5. The molecule has 2 N–H and O–H groups in total. The van der Waals surface area contributed by atoms with Gasteiger partial charge in [0.1, 0.15) is 11.4 Å². The highest BCUT2D eigenvalue weighted by Crippen LogP contribution is 2.40. The number of phenolic OH excluding ortho intramolecular Hbond substituents is 1. The molecule has 0 saturated heterocycles. The topological polar surface area (TPSA) is 83.8 Å². The lowest BCUT2D eigenvalue weighted by Gasteiger charge is -2.28. The Hall–Kier alpha value is -1.42. The number of benzene rings is 1. The number of hydrogen-bond donors (Lipinski definition) is 2. The monoisotopic (exact) mass is 440 g/mol. The lowest BCUT2D eigenvalue weighted by molar-refractivity contribution is -0.126. The largest absolute Gasteiger partial charge is 0.507 e. The third-order valence-corrected chi connectivity index (χ3v) is 5.30. The summed E-state index contributed by atoms with van der Waals surface area (Å²) in [5, 5.41) is 10.7. The summed E-state index contributed by atoms with van der Waals surface area (Å²) in [6, 6.07) is 3.72. The van der Waals surface area contributed by atoms with E-state index >= 15 is 0 Å². The first-order valence-electron chi connectivity index (χ1n) is 10.5. The van der Waals surface area contributed by atoms with E-state index in [1.54, 1.807) is 6.08 Å². The van der Waals surface area contributed by atoms with Crippen molar-refractivity contribution in [1.82, 2.24) is 0 Å². The van der Waals surface area contributed by atoms with Crippen LogP contribution in [0.1, 0.15) is 98.8 Å². The zero-order valence-electron chi connectivity index (χ0n) is 20.3. The molecule has 1 aromatic rings. The number of aromatic hydroxyl groups is 1. The smallest absolute Gasteiger partial charge is 0.317 e. The van der Waals surface area contributed by atoms with E-state index in [0.29, 0.717) is 0 Å². The van der Waals surface area contributed by atoms with Crippen molar-refractivity contribution < 1.29 is 23.9 Å². The third kappa shape index (κ3) is 9.16. The van der Waals surface area contributed by atoms with Crippen LogP contribution in [-0.4, -0.2) is 21.4 Å². The van der Waals surface area contributed by atoms with E-state index in [9.17, 15) is 14.5 Å². The van der Waals surface area contributed by atoms with Crippen LogP contribution in [0.4, 0.5) is 0 Å². The van der Waals surface area contributed by atoms with Crippen LogP contribution in [0.3, 0.4) is 0 Å². The van der Waals surface area contributed by atoms with Crippen LogP contribution < -0.4 is 0 Å². The van der Waals surface area contributed by atoms with E-state index in [1.807, 2.05) is 53.7 Å². The van der Waals surface area contributed by atoms with Crippen molar-refractivity contribution >= 4 is 20.1 Å². The van der Waals surface area contributed by atoms with Crippen molar-refractivity contribution in [1.29, 1.82) is 0 Å². The average molecular weight is 441 g/mol. The molecule has 0 aliphatic rings. The predicted octanol–water partition coefficient (Wildman–Crippen LogP) is 6.55. The summed E-state index contributed by atoms with van der Waals surface area (Å²) in [5.74, 6) is -0.136. The maximum Gasteiger partial charge on any atom is 0.317 e. The van der Waals surface area contributed by atoms with Gasteiger partial charge >= 0.3 is 8.25 Å². The normalized spacial score (nSPS) is 13.7. The van der Waals surface area contributed by atoms with Gasteiger partial charge in [-0.15, -0.1) is 0 Å². The minimum Gasteiger partial charge on any atom is -0.507 e. The Kier molecular flexibility index (Phi) is 10.7. The number of carbonyl (C=O) groups excluding carboxylic acids is 1. The fourth-order valence-electron chi connectivity index (χ4n) is 2.54. The van der Waals surface area contributed by atoms with Gasteiger partial charge in [-0.1, -0.05) is 74.3 Å². The second kappa shape index (κ2) is 11.3. The molecular weight excluding hydrogens is 399 g/mol. The van der Waals surface area contributed by atoms with Crippen molar-refractivity contribution in [2.75, 3.05) is 0 Å². The van der Waals surface area contributed by atoms with Crippen LogP contribution in [0, 0.1) is 0 Å². The van der Waals surface area contributed by atoms with Crippen LogP contribution in [-0.2, 0) is 24.7 Å². The Balaban J connectivity index is 0.00000192. The molecule has 0 aromatic heterocycles. The molecular formula is C24H41O5P. The van der Waals surface area contributed by atoms with Gasteiger partial charge < -0.3 is 10.00 Å². The van der Waals surface area contributed by atoms with Gasteiger partial charge in [0.05, 0.1) is 0 Å². The number of rotatable bonds is 6. The van der Waals surface area contributed by atoms with E-state index < -0.39 is 19.6 Å². The lowest BCUT2D eigenvalue weighted by Crippen LogP contribution is -2.31. The summed E-state index contributed by atoms with van der Waals surface area (Å²) in [5.41, 5.74) is 0.464. The summed E-state index contributed by atoms with van der Waals surface area (Å²) in [7, 11) is -3.21. The molecule has 6 heteroatoms. The van der Waals surface area contributed by atoms with Crippen molar-refractivity contribution in [2.45, 2.75) is 98.5 Å². The maximum atomic E-state index is 12.3. The SMILES string of the molecule is CC(C)(O[PH](=O)O)C(=O)/C=C/c1cc(C(C)(C)C)c(O)c(C(C)(C)C)c1.CCCC. The fraction of sp³-hybridized carbons (Fsp3) is 0.625. The fourth-order valence-corrected chi connectivity index (χ4v) is 3.07.